The Bertz CT molecular complexity index is 1620. The Morgan fingerprint density at radius 1 is 0.806 bits per heavy atom. The van der Waals surface area contributed by atoms with Gasteiger partial charge in [-0.15, -0.1) is 0 Å². The summed E-state index contributed by atoms with van der Waals surface area (Å²) in [6.07, 6.45) is 1.54. The normalized spacial score (nSPS) is 11.4. The topological polar surface area (TPSA) is 77.4 Å². The molecular formula is C29H24N2O4S. The molecule has 0 saturated carbocycles. The van der Waals surface area contributed by atoms with Crippen molar-refractivity contribution >= 4 is 32.3 Å². The van der Waals surface area contributed by atoms with Crippen LogP contribution in [0.25, 0.3) is 10.9 Å². The number of benzene rings is 4. The van der Waals surface area contributed by atoms with Gasteiger partial charge in [0.2, 0.25) is 15.7 Å². The molecule has 0 saturated heterocycles. The molecule has 0 atom stereocenters. The molecule has 0 radical (unpaired) electrons. The molecule has 0 bridgehead atoms. The van der Waals surface area contributed by atoms with Gasteiger partial charge in [0.05, 0.1) is 9.79 Å². The van der Waals surface area contributed by atoms with Gasteiger partial charge in [0.1, 0.15) is 18.0 Å². The lowest BCUT2D eigenvalue weighted by atomic mass is 10.2. The van der Waals surface area contributed by atoms with Crippen LogP contribution in [0.3, 0.4) is 0 Å². The molecule has 0 spiro atoms. The molecule has 1 amide bonds. The van der Waals surface area contributed by atoms with Crippen LogP contribution in [0.2, 0.25) is 0 Å². The van der Waals surface area contributed by atoms with Gasteiger partial charge >= 0.3 is 0 Å². The van der Waals surface area contributed by atoms with Gasteiger partial charge in [-0.25, -0.2) is 8.42 Å². The average Bonchev–Trinajstić information content (AvgIpc) is 3.25. The number of para-hydroxylation sites is 2. The molecule has 1 heterocycles. The summed E-state index contributed by atoms with van der Waals surface area (Å²) in [6.45, 7) is 1.87. The molecule has 7 heteroatoms. The summed E-state index contributed by atoms with van der Waals surface area (Å²) in [7, 11) is -3.75. The number of hydrogen-bond acceptors (Lipinski definition) is 4. The Balaban J connectivity index is 1.35. The van der Waals surface area contributed by atoms with Crippen molar-refractivity contribution < 1.29 is 17.9 Å². The summed E-state index contributed by atoms with van der Waals surface area (Å²) in [5.41, 5.74) is 2.27. The predicted octanol–water partition coefficient (Wildman–Crippen LogP) is 6.21. The Hall–Kier alpha value is -4.36. The zero-order chi connectivity index (χ0) is 25.1. The summed E-state index contributed by atoms with van der Waals surface area (Å²) in [5, 5.41) is 3.44. The lowest BCUT2D eigenvalue weighted by molar-refractivity contribution is -0.116. The minimum absolute atomic E-state index is 0.0355. The van der Waals surface area contributed by atoms with Crippen molar-refractivity contribution in [2.45, 2.75) is 23.3 Å². The zero-order valence-corrected chi connectivity index (χ0v) is 20.4. The SMILES string of the molecule is Cc1ccc(S(=O)(=O)c2cn(CC(=O)Nc3ccc(Oc4ccccc4)cc3)c3ccccc23)cc1. The number of aromatic nitrogens is 1. The number of rotatable bonds is 7. The van der Waals surface area contributed by atoms with Crippen molar-refractivity contribution in [3.05, 3.63) is 115 Å². The highest BCUT2D eigenvalue weighted by atomic mass is 32.2. The van der Waals surface area contributed by atoms with Crippen molar-refractivity contribution in [1.82, 2.24) is 4.57 Å². The van der Waals surface area contributed by atoms with E-state index in [2.05, 4.69) is 5.32 Å². The fraction of sp³-hybridized carbons (Fsp3) is 0.0690. The van der Waals surface area contributed by atoms with Crippen molar-refractivity contribution in [1.29, 1.82) is 0 Å². The Labute approximate surface area is 209 Å². The fourth-order valence-electron chi connectivity index (χ4n) is 3.99. The number of fused-ring (bicyclic) bond motifs is 1. The molecule has 4 aromatic carbocycles. The fourth-order valence-corrected chi connectivity index (χ4v) is 5.47. The van der Waals surface area contributed by atoms with E-state index in [4.69, 9.17) is 4.74 Å². The first kappa shape index (κ1) is 23.4. The number of nitrogens with zero attached hydrogens (tertiary/aromatic N) is 1. The van der Waals surface area contributed by atoms with Crippen LogP contribution >= 0.6 is 0 Å². The summed E-state index contributed by atoms with van der Waals surface area (Å²) < 4.78 is 34.2. The van der Waals surface area contributed by atoms with Crippen LogP contribution in [0, 0.1) is 6.92 Å². The van der Waals surface area contributed by atoms with Crippen LogP contribution in [-0.4, -0.2) is 18.9 Å². The van der Waals surface area contributed by atoms with E-state index in [1.54, 1.807) is 65.2 Å². The maximum Gasteiger partial charge on any atom is 0.244 e. The smallest absolute Gasteiger partial charge is 0.244 e. The first-order valence-electron chi connectivity index (χ1n) is 11.4. The Kier molecular flexibility index (Phi) is 6.31. The quantitative estimate of drug-likeness (QED) is 0.290. The van der Waals surface area contributed by atoms with E-state index in [1.165, 1.54) is 6.20 Å². The standard InChI is InChI=1S/C29H24N2O4S/c1-21-11-17-25(18-12-21)36(33,34)28-19-31(27-10-6-5-9-26(27)28)20-29(32)30-22-13-15-24(16-14-22)35-23-7-3-2-4-8-23/h2-19H,20H2,1H3,(H,30,32). The molecule has 0 aliphatic rings. The van der Waals surface area contributed by atoms with Crippen molar-refractivity contribution in [3.8, 4) is 11.5 Å². The summed E-state index contributed by atoms with van der Waals surface area (Å²) in [4.78, 5) is 13.3. The highest BCUT2D eigenvalue weighted by molar-refractivity contribution is 7.91. The van der Waals surface area contributed by atoms with E-state index >= 15 is 0 Å². The number of nitrogens with one attached hydrogen (secondary N) is 1. The van der Waals surface area contributed by atoms with Gasteiger partial charge in [-0.2, -0.15) is 0 Å². The van der Waals surface area contributed by atoms with Gasteiger partial charge in [0.25, 0.3) is 0 Å². The number of amides is 1. The third-order valence-corrected chi connectivity index (χ3v) is 7.60. The Morgan fingerprint density at radius 3 is 2.17 bits per heavy atom. The largest absolute Gasteiger partial charge is 0.457 e. The number of sulfone groups is 1. The average molecular weight is 497 g/mol. The molecule has 5 aromatic rings. The number of aryl methyl sites for hydroxylation is 1. The third kappa shape index (κ3) is 4.87. The maximum atomic E-state index is 13.4. The number of hydrogen-bond donors (Lipinski definition) is 1. The van der Waals surface area contributed by atoms with E-state index in [0.29, 0.717) is 22.3 Å². The molecule has 1 N–H and O–H groups in total. The highest BCUT2D eigenvalue weighted by Gasteiger charge is 2.23. The number of ether oxygens (including phenoxy) is 1. The summed E-state index contributed by atoms with van der Waals surface area (Å²) >= 11 is 0. The molecule has 0 aliphatic carbocycles. The highest BCUT2D eigenvalue weighted by Crippen LogP contribution is 2.30. The van der Waals surface area contributed by atoms with Gasteiger partial charge < -0.3 is 14.6 Å². The van der Waals surface area contributed by atoms with Crippen LogP contribution in [0.15, 0.2) is 119 Å². The number of carbonyl (C=O) groups is 1. The molecule has 36 heavy (non-hydrogen) atoms. The minimum Gasteiger partial charge on any atom is -0.457 e. The van der Waals surface area contributed by atoms with Gasteiger partial charge in [-0.3, -0.25) is 4.79 Å². The molecule has 0 aliphatic heterocycles. The molecule has 5 rings (SSSR count). The van der Waals surface area contributed by atoms with Crippen LogP contribution < -0.4 is 10.1 Å². The monoisotopic (exact) mass is 496 g/mol. The minimum atomic E-state index is -3.75. The molecular weight excluding hydrogens is 472 g/mol. The van der Waals surface area contributed by atoms with Crippen molar-refractivity contribution in [3.63, 3.8) is 0 Å². The first-order chi connectivity index (χ1) is 17.4. The zero-order valence-electron chi connectivity index (χ0n) is 19.6. The van der Waals surface area contributed by atoms with E-state index in [9.17, 15) is 13.2 Å². The van der Waals surface area contributed by atoms with Crippen LogP contribution in [0.5, 0.6) is 11.5 Å². The molecule has 6 nitrogen and oxygen atoms in total. The van der Waals surface area contributed by atoms with Crippen LogP contribution in [0.1, 0.15) is 5.56 Å². The summed E-state index contributed by atoms with van der Waals surface area (Å²) in [6, 6.07) is 30.5. The Morgan fingerprint density at radius 2 is 1.44 bits per heavy atom. The predicted molar refractivity (Wildman–Crippen MR) is 140 cm³/mol. The van der Waals surface area contributed by atoms with Crippen molar-refractivity contribution in [2.75, 3.05) is 5.32 Å². The lowest BCUT2D eigenvalue weighted by Crippen LogP contribution is -2.18. The summed E-state index contributed by atoms with van der Waals surface area (Å²) in [5.74, 6) is 1.11. The maximum absolute atomic E-state index is 13.4. The second-order valence-electron chi connectivity index (χ2n) is 8.44. The van der Waals surface area contributed by atoms with E-state index in [0.717, 1.165) is 11.3 Å². The first-order valence-corrected chi connectivity index (χ1v) is 12.9. The second-order valence-corrected chi connectivity index (χ2v) is 10.4. The molecule has 180 valence electrons. The third-order valence-electron chi connectivity index (χ3n) is 5.80. The van der Waals surface area contributed by atoms with Gasteiger partial charge in [-0.05, 0) is 61.5 Å². The lowest BCUT2D eigenvalue weighted by Gasteiger charge is -2.09. The van der Waals surface area contributed by atoms with E-state index in [1.807, 2.05) is 49.4 Å². The van der Waals surface area contributed by atoms with Crippen molar-refractivity contribution in [2.24, 2.45) is 0 Å². The molecule has 0 unspecified atom stereocenters. The van der Waals surface area contributed by atoms with Gasteiger partial charge in [-0.1, -0.05) is 54.1 Å². The second kappa shape index (κ2) is 9.71. The number of anilines is 1. The molecule has 0 fully saturated rings. The van der Waals surface area contributed by atoms with E-state index < -0.39 is 9.84 Å². The molecule has 1 aromatic heterocycles. The van der Waals surface area contributed by atoms with Gasteiger partial charge in [0.15, 0.2) is 0 Å². The number of carbonyl (C=O) groups excluding carboxylic acids is 1. The van der Waals surface area contributed by atoms with E-state index in [-0.39, 0.29) is 22.2 Å². The van der Waals surface area contributed by atoms with Gasteiger partial charge in [0, 0.05) is 22.8 Å². The van der Waals surface area contributed by atoms with Crippen LogP contribution in [0.4, 0.5) is 5.69 Å². The van der Waals surface area contributed by atoms with Crippen LogP contribution in [-0.2, 0) is 21.2 Å².